The zero-order valence-electron chi connectivity index (χ0n) is 33.4. The van der Waals surface area contributed by atoms with Gasteiger partial charge in [0.05, 0.1) is 33.4 Å². The van der Waals surface area contributed by atoms with Gasteiger partial charge in [-0.15, -0.1) is 21.5 Å². The molecule has 13 rings (SSSR count). The average Bonchev–Trinajstić information content (AvgIpc) is 4.11. The molecule has 0 spiro atoms. The molecule has 6 heteroatoms. The van der Waals surface area contributed by atoms with Crippen LogP contribution < -0.4 is 0 Å². The van der Waals surface area contributed by atoms with E-state index in [1.165, 1.54) is 47.4 Å². The van der Waals surface area contributed by atoms with Gasteiger partial charge in [0.1, 0.15) is 0 Å². The van der Waals surface area contributed by atoms with Gasteiger partial charge < -0.3 is 9.13 Å². The number of nitrogens with zero attached hydrogens (tertiary/aromatic N) is 5. The average molecular weight is 810 g/mol. The molecule has 0 aliphatic carbocycles. The fourth-order valence-electron chi connectivity index (χ4n) is 9.73. The van der Waals surface area contributed by atoms with Crippen molar-refractivity contribution in [2.75, 3.05) is 0 Å². The van der Waals surface area contributed by atoms with Gasteiger partial charge in [0.15, 0.2) is 11.6 Å². The van der Waals surface area contributed by atoms with E-state index < -0.39 is 0 Å². The summed E-state index contributed by atoms with van der Waals surface area (Å²) in [7, 11) is 0. The maximum atomic E-state index is 4.85. The number of aromatic nitrogens is 5. The summed E-state index contributed by atoms with van der Waals surface area (Å²) in [6.07, 6.45) is 0. The van der Waals surface area contributed by atoms with Crippen molar-refractivity contribution in [1.82, 2.24) is 23.9 Å². The van der Waals surface area contributed by atoms with Crippen molar-refractivity contribution < 1.29 is 0 Å². The summed E-state index contributed by atoms with van der Waals surface area (Å²) in [5, 5.41) is 17.2. The van der Waals surface area contributed by atoms with E-state index >= 15 is 0 Å². The van der Waals surface area contributed by atoms with E-state index in [4.69, 9.17) is 10.2 Å². The lowest BCUT2D eigenvalue weighted by atomic mass is 10.0. The van der Waals surface area contributed by atoms with Crippen LogP contribution in [0.5, 0.6) is 0 Å². The summed E-state index contributed by atoms with van der Waals surface area (Å²) in [6, 6.07) is 76.2. The van der Waals surface area contributed by atoms with Crippen LogP contribution in [-0.2, 0) is 0 Å². The fraction of sp³-hybridized carbons (Fsp3) is 0. The van der Waals surface area contributed by atoms with Crippen molar-refractivity contribution in [2.24, 2.45) is 0 Å². The molecule has 0 atom stereocenters. The van der Waals surface area contributed by atoms with Gasteiger partial charge >= 0.3 is 0 Å². The molecule has 5 nitrogen and oxygen atoms in total. The number of hydrogen-bond acceptors (Lipinski definition) is 3. The Morgan fingerprint density at radius 2 is 0.871 bits per heavy atom. The first-order chi connectivity index (χ1) is 30.8. The van der Waals surface area contributed by atoms with E-state index in [1.807, 2.05) is 35.6 Å². The maximum absolute atomic E-state index is 4.85. The molecule has 13 aromatic rings. The Morgan fingerprint density at radius 1 is 0.339 bits per heavy atom. The molecule has 0 amide bonds. The highest BCUT2D eigenvalue weighted by molar-refractivity contribution is 7.26. The fourth-order valence-corrected chi connectivity index (χ4v) is 11.0. The molecule has 290 valence electrons. The summed E-state index contributed by atoms with van der Waals surface area (Å²) in [4.78, 5) is 0. The third-order valence-electron chi connectivity index (χ3n) is 12.4. The first-order valence-electron chi connectivity index (χ1n) is 20.9. The van der Waals surface area contributed by atoms with E-state index in [-0.39, 0.29) is 0 Å². The lowest BCUT2D eigenvalue weighted by Gasteiger charge is -2.18. The molecule has 0 bridgehead atoms. The number of fused-ring (bicyclic) bond motifs is 10. The summed E-state index contributed by atoms with van der Waals surface area (Å²) in [5.74, 6) is 1.60. The normalized spacial score (nSPS) is 11.9. The first kappa shape index (κ1) is 34.8. The quantitative estimate of drug-likeness (QED) is 0.168. The maximum Gasteiger partial charge on any atom is 0.168 e. The van der Waals surface area contributed by atoms with Gasteiger partial charge in [-0.25, -0.2) is 0 Å². The summed E-state index contributed by atoms with van der Waals surface area (Å²) in [5.41, 5.74) is 12.3. The van der Waals surface area contributed by atoms with Crippen LogP contribution in [0.25, 0.3) is 115 Å². The molecule has 0 saturated carbocycles. The van der Waals surface area contributed by atoms with Crippen LogP contribution in [0.4, 0.5) is 0 Å². The van der Waals surface area contributed by atoms with Crippen LogP contribution in [0.15, 0.2) is 212 Å². The van der Waals surface area contributed by atoms with Crippen LogP contribution in [0.1, 0.15) is 0 Å². The number of benzene rings is 9. The van der Waals surface area contributed by atoms with Crippen LogP contribution in [0.2, 0.25) is 0 Å². The highest BCUT2D eigenvalue weighted by Gasteiger charge is 2.23. The molecular weight excluding hydrogens is 775 g/mol. The highest BCUT2D eigenvalue weighted by atomic mass is 32.1. The van der Waals surface area contributed by atoms with Crippen molar-refractivity contribution in [3.8, 4) is 51.0 Å². The Hall–Kier alpha value is -8.06. The minimum absolute atomic E-state index is 0.794. The highest BCUT2D eigenvalue weighted by Crippen LogP contribution is 2.45. The molecule has 0 aliphatic rings. The van der Waals surface area contributed by atoms with Crippen LogP contribution in [0.3, 0.4) is 0 Å². The second-order valence-electron chi connectivity index (χ2n) is 15.8. The summed E-state index contributed by atoms with van der Waals surface area (Å²) in [6.45, 7) is 0. The van der Waals surface area contributed by atoms with Crippen molar-refractivity contribution >= 4 is 75.1 Å². The monoisotopic (exact) mass is 809 g/mol. The third-order valence-corrected chi connectivity index (χ3v) is 13.6. The molecule has 0 saturated heterocycles. The zero-order chi connectivity index (χ0) is 40.7. The van der Waals surface area contributed by atoms with Gasteiger partial charge in [-0.2, -0.15) is 0 Å². The molecule has 4 heterocycles. The largest absolute Gasteiger partial charge is 0.309 e. The second-order valence-corrected chi connectivity index (χ2v) is 16.8. The Morgan fingerprint density at radius 3 is 1.61 bits per heavy atom. The molecule has 0 unspecified atom stereocenters. The Bertz CT molecular complexity index is 3870. The van der Waals surface area contributed by atoms with E-state index in [9.17, 15) is 0 Å². The van der Waals surface area contributed by atoms with Crippen LogP contribution in [-0.4, -0.2) is 23.9 Å². The molecule has 0 aliphatic heterocycles. The van der Waals surface area contributed by atoms with Gasteiger partial charge in [0.2, 0.25) is 0 Å². The predicted octanol–water partition coefficient (Wildman–Crippen LogP) is 14.8. The van der Waals surface area contributed by atoms with Crippen LogP contribution in [0, 0.1) is 0 Å². The van der Waals surface area contributed by atoms with E-state index in [0.717, 1.165) is 67.4 Å². The lowest BCUT2D eigenvalue weighted by molar-refractivity contribution is 1.07. The molecule has 4 aromatic heterocycles. The first-order valence-corrected chi connectivity index (χ1v) is 21.7. The Kier molecular flexibility index (Phi) is 7.71. The van der Waals surface area contributed by atoms with E-state index in [2.05, 4.69) is 202 Å². The van der Waals surface area contributed by atoms with Gasteiger partial charge in [0.25, 0.3) is 0 Å². The van der Waals surface area contributed by atoms with Gasteiger partial charge in [-0.1, -0.05) is 146 Å². The number of rotatable bonds is 6. The SMILES string of the molecule is c1ccc(-c2nnc(-c3ccc4c(c3)c3ccccc3n4-c3ccccc3-c3ccccc3-n3c4ccccc4c4c5sc6ccccc6c5ccc43)n2-c2ccccc2)cc1. The molecule has 9 aromatic carbocycles. The van der Waals surface area contributed by atoms with Crippen molar-refractivity contribution in [2.45, 2.75) is 0 Å². The minimum Gasteiger partial charge on any atom is -0.309 e. The second kappa shape index (κ2) is 13.7. The number of hydrogen-bond donors (Lipinski definition) is 0. The third kappa shape index (κ3) is 5.14. The van der Waals surface area contributed by atoms with Crippen molar-refractivity contribution in [1.29, 1.82) is 0 Å². The molecular formula is C56H35N5S. The molecule has 0 N–H and O–H groups in total. The topological polar surface area (TPSA) is 40.6 Å². The lowest BCUT2D eigenvalue weighted by Crippen LogP contribution is -2.01. The zero-order valence-corrected chi connectivity index (χ0v) is 34.2. The van der Waals surface area contributed by atoms with E-state index in [0.29, 0.717) is 0 Å². The molecule has 62 heavy (non-hydrogen) atoms. The van der Waals surface area contributed by atoms with E-state index in [1.54, 1.807) is 0 Å². The number of para-hydroxylation sites is 5. The number of thiophene rings is 1. The predicted molar refractivity (Wildman–Crippen MR) is 259 cm³/mol. The minimum atomic E-state index is 0.794. The Balaban J connectivity index is 1.02. The smallest absolute Gasteiger partial charge is 0.168 e. The standard InChI is InChI=1S/C56H35N5S/c1-3-17-36(18-4-1)55-57-58-56(59(55)38-19-5-2-6-20-38)37-31-33-50-45(35-37)41-23-9-14-28-48(41)60(50)46-26-12-7-21-39(46)40-22-8-13-27-47(40)61-49-29-15-10-25-44(49)53-51(61)34-32-43-42-24-11-16-30-52(42)62-54(43)53/h1-35H. The van der Waals surface area contributed by atoms with Crippen molar-refractivity contribution in [3.05, 3.63) is 212 Å². The van der Waals surface area contributed by atoms with Gasteiger partial charge in [-0.3, -0.25) is 4.57 Å². The van der Waals surface area contributed by atoms with Gasteiger partial charge in [0, 0.05) is 69.7 Å². The summed E-state index contributed by atoms with van der Waals surface area (Å²) >= 11 is 1.89. The van der Waals surface area contributed by atoms with Gasteiger partial charge in [-0.05, 0) is 66.7 Å². The molecule has 0 fully saturated rings. The van der Waals surface area contributed by atoms with Crippen LogP contribution >= 0.6 is 11.3 Å². The molecule has 0 radical (unpaired) electrons. The van der Waals surface area contributed by atoms with Crippen molar-refractivity contribution in [3.63, 3.8) is 0 Å². The summed E-state index contributed by atoms with van der Waals surface area (Å²) < 4.78 is 9.73. The Labute approximate surface area is 360 Å².